The fourth-order valence-electron chi connectivity index (χ4n) is 3.93. The molecule has 34 heavy (non-hydrogen) atoms. The smallest absolute Gasteiger partial charge is 0.354 e. The highest BCUT2D eigenvalue weighted by molar-refractivity contribution is 6.00. The van der Waals surface area contributed by atoms with Gasteiger partial charge in [0, 0.05) is 17.1 Å². The summed E-state index contributed by atoms with van der Waals surface area (Å²) in [5, 5.41) is 0.900. The lowest BCUT2D eigenvalue weighted by molar-refractivity contribution is 0.0588. The number of esters is 1. The van der Waals surface area contributed by atoms with Gasteiger partial charge in [-0.1, -0.05) is 23.8 Å². The first kappa shape index (κ1) is 23.4. The first-order valence-electron chi connectivity index (χ1n) is 11.3. The van der Waals surface area contributed by atoms with Crippen molar-refractivity contribution in [3.63, 3.8) is 0 Å². The zero-order valence-electron chi connectivity index (χ0n) is 20.3. The van der Waals surface area contributed by atoms with Crippen molar-refractivity contribution in [2.24, 2.45) is 0 Å². The normalized spacial score (nSPS) is 11.4. The van der Waals surface area contributed by atoms with Crippen LogP contribution in [0.3, 0.4) is 0 Å². The molecule has 0 spiro atoms. The molecule has 0 radical (unpaired) electrons. The van der Waals surface area contributed by atoms with Gasteiger partial charge in [-0.2, -0.15) is 0 Å². The fourth-order valence-corrected chi connectivity index (χ4v) is 3.93. The van der Waals surface area contributed by atoms with Crippen molar-refractivity contribution in [2.75, 3.05) is 13.7 Å². The maximum Gasteiger partial charge on any atom is 0.354 e. The van der Waals surface area contributed by atoms with Crippen molar-refractivity contribution in [1.82, 2.24) is 9.55 Å². The molecule has 2 aromatic carbocycles. The van der Waals surface area contributed by atoms with Gasteiger partial charge in [-0.3, -0.25) is 4.98 Å². The lowest BCUT2D eigenvalue weighted by atomic mass is 10.1. The van der Waals surface area contributed by atoms with Crippen LogP contribution in [-0.2, 0) is 11.3 Å². The molecule has 0 bridgehead atoms. The fraction of sp³-hybridized carbons (Fsp3) is 0.286. The van der Waals surface area contributed by atoms with E-state index in [9.17, 15) is 4.79 Å². The van der Waals surface area contributed by atoms with Crippen molar-refractivity contribution in [1.29, 1.82) is 0 Å². The minimum absolute atomic E-state index is 0.256. The third-order valence-corrected chi connectivity index (χ3v) is 5.35. The SMILES string of the molecule is COC(=O)c1cc2c(-c3cccc(C)c3)nccc2n1CCOc1ccc(OC(C)(C)C)cc1. The summed E-state index contributed by atoms with van der Waals surface area (Å²) >= 11 is 0. The van der Waals surface area contributed by atoms with Gasteiger partial charge < -0.3 is 18.8 Å². The molecule has 0 N–H and O–H groups in total. The molecule has 0 unspecified atom stereocenters. The monoisotopic (exact) mass is 458 g/mol. The van der Waals surface area contributed by atoms with Crippen molar-refractivity contribution < 1.29 is 19.0 Å². The van der Waals surface area contributed by atoms with Crippen molar-refractivity contribution in [2.45, 2.75) is 39.8 Å². The van der Waals surface area contributed by atoms with Crippen LogP contribution in [0.5, 0.6) is 11.5 Å². The molecule has 0 aliphatic heterocycles. The van der Waals surface area contributed by atoms with Gasteiger partial charge in [-0.25, -0.2) is 4.79 Å². The lowest BCUT2D eigenvalue weighted by Gasteiger charge is -2.21. The van der Waals surface area contributed by atoms with E-state index in [0.29, 0.717) is 18.8 Å². The van der Waals surface area contributed by atoms with Crippen molar-refractivity contribution >= 4 is 16.9 Å². The van der Waals surface area contributed by atoms with Crippen LogP contribution in [0.25, 0.3) is 22.2 Å². The molecular formula is C28H30N2O4. The Kier molecular flexibility index (Phi) is 6.59. The standard InChI is InChI=1S/C28H30N2O4/c1-19-7-6-8-20(17-19)26-23-18-25(27(31)32-5)30(24(23)13-14-29-26)15-16-33-21-9-11-22(12-10-21)34-28(2,3)4/h6-14,17-18H,15-16H2,1-5H3. The number of ether oxygens (including phenoxy) is 3. The maximum atomic E-state index is 12.6. The number of fused-ring (bicyclic) bond motifs is 1. The topological polar surface area (TPSA) is 62.6 Å². The van der Waals surface area contributed by atoms with Gasteiger partial charge in [-0.15, -0.1) is 0 Å². The van der Waals surface area contributed by atoms with Gasteiger partial charge in [0.1, 0.15) is 29.4 Å². The zero-order chi connectivity index (χ0) is 24.3. The van der Waals surface area contributed by atoms with Crippen molar-refractivity contribution in [3.8, 4) is 22.8 Å². The molecule has 0 fully saturated rings. The third-order valence-electron chi connectivity index (χ3n) is 5.35. The average Bonchev–Trinajstić information content (AvgIpc) is 3.17. The number of benzene rings is 2. The van der Waals surface area contributed by atoms with Crippen LogP contribution in [0.4, 0.5) is 0 Å². The first-order valence-corrected chi connectivity index (χ1v) is 11.3. The molecular weight excluding hydrogens is 428 g/mol. The minimum atomic E-state index is -0.393. The molecule has 6 heteroatoms. The summed E-state index contributed by atoms with van der Waals surface area (Å²) in [5.41, 5.74) is 4.11. The molecule has 0 amide bonds. The van der Waals surface area contributed by atoms with Crippen LogP contribution in [0, 0.1) is 6.92 Å². The van der Waals surface area contributed by atoms with Crippen LogP contribution < -0.4 is 9.47 Å². The van der Waals surface area contributed by atoms with E-state index in [-0.39, 0.29) is 5.60 Å². The summed E-state index contributed by atoms with van der Waals surface area (Å²) in [4.78, 5) is 17.2. The number of rotatable bonds is 7. The molecule has 0 aliphatic rings. The Hall–Kier alpha value is -3.80. The number of methoxy groups -OCH3 is 1. The van der Waals surface area contributed by atoms with E-state index in [1.165, 1.54) is 7.11 Å². The first-order chi connectivity index (χ1) is 16.2. The highest BCUT2D eigenvalue weighted by Gasteiger charge is 2.19. The van der Waals surface area contributed by atoms with Crippen LogP contribution >= 0.6 is 0 Å². The third kappa shape index (κ3) is 5.22. The Labute approximate surface area is 200 Å². The predicted molar refractivity (Wildman–Crippen MR) is 134 cm³/mol. The second kappa shape index (κ2) is 9.59. The Bertz CT molecular complexity index is 1300. The number of nitrogens with zero attached hydrogens (tertiary/aromatic N) is 2. The van der Waals surface area contributed by atoms with E-state index < -0.39 is 5.97 Å². The van der Waals surface area contributed by atoms with E-state index in [0.717, 1.165) is 39.2 Å². The molecule has 176 valence electrons. The molecule has 0 saturated heterocycles. The molecule has 0 atom stereocenters. The number of aromatic nitrogens is 2. The average molecular weight is 459 g/mol. The summed E-state index contributed by atoms with van der Waals surface area (Å²) in [5.74, 6) is 1.13. The Morgan fingerprint density at radius 3 is 2.41 bits per heavy atom. The number of carbonyl (C=O) groups excluding carboxylic acids is 1. The maximum absolute atomic E-state index is 12.6. The molecule has 2 heterocycles. The van der Waals surface area contributed by atoms with Gasteiger partial charge in [-0.05, 0) is 70.2 Å². The predicted octanol–water partition coefficient (Wildman–Crippen LogP) is 6.05. The molecule has 4 aromatic rings. The Balaban J connectivity index is 1.59. The number of aryl methyl sites for hydroxylation is 1. The van der Waals surface area contributed by atoms with E-state index >= 15 is 0 Å². The van der Waals surface area contributed by atoms with Gasteiger partial charge in [0.25, 0.3) is 0 Å². The number of hydrogen-bond acceptors (Lipinski definition) is 5. The molecule has 6 nitrogen and oxygen atoms in total. The van der Waals surface area contributed by atoms with Crippen molar-refractivity contribution in [3.05, 3.63) is 78.1 Å². The molecule has 2 aromatic heterocycles. The molecule has 4 rings (SSSR count). The van der Waals surface area contributed by atoms with Crippen LogP contribution in [0.1, 0.15) is 36.8 Å². The number of carbonyl (C=O) groups is 1. The summed E-state index contributed by atoms with van der Waals surface area (Å²) in [6.45, 7) is 8.95. The van der Waals surface area contributed by atoms with Crippen LogP contribution in [0.15, 0.2) is 66.9 Å². The van der Waals surface area contributed by atoms with E-state index in [2.05, 4.69) is 11.1 Å². The van der Waals surface area contributed by atoms with Gasteiger partial charge in [0.05, 0.1) is 24.9 Å². The summed E-state index contributed by atoms with van der Waals surface area (Å²) in [6, 6.07) is 19.5. The van der Waals surface area contributed by atoms with E-state index in [4.69, 9.17) is 14.2 Å². The largest absolute Gasteiger partial charge is 0.492 e. The van der Waals surface area contributed by atoms with Crippen LogP contribution in [-0.4, -0.2) is 34.8 Å². The Morgan fingerprint density at radius 2 is 1.74 bits per heavy atom. The molecule has 0 saturated carbocycles. The quantitative estimate of drug-likeness (QED) is 0.315. The number of pyridine rings is 1. The van der Waals surface area contributed by atoms with Crippen LogP contribution in [0.2, 0.25) is 0 Å². The summed E-state index contributed by atoms with van der Waals surface area (Å²) in [7, 11) is 1.39. The summed E-state index contributed by atoms with van der Waals surface area (Å²) in [6.07, 6.45) is 1.77. The number of hydrogen-bond donors (Lipinski definition) is 0. The molecule has 0 aliphatic carbocycles. The second-order valence-corrected chi connectivity index (χ2v) is 9.17. The van der Waals surface area contributed by atoms with Gasteiger partial charge >= 0.3 is 5.97 Å². The highest BCUT2D eigenvalue weighted by Crippen LogP contribution is 2.30. The minimum Gasteiger partial charge on any atom is -0.492 e. The lowest BCUT2D eigenvalue weighted by Crippen LogP contribution is -2.22. The van der Waals surface area contributed by atoms with Gasteiger partial charge in [0.2, 0.25) is 0 Å². The summed E-state index contributed by atoms with van der Waals surface area (Å²) < 4.78 is 18.8. The Morgan fingerprint density at radius 1 is 1.00 bits per heavy atom. The van der Waals surface area contributed by atoms with E-state index in [1.807, 2.05) is 86.9 Å². The van der Waals surface area contributed by atoms with E-state index in [1.54, 1.807) is 6.20 Å². The highest BCUT2D eigenvalue weighted by atomic mass is 16.5. The second-order valence-electron chi connectivity index (χ2n) is 9.17. The van der Waals surface area contributed by atoms with Gasteiger partial charge in [0.15, 0.2) is 0 Å². The zero-order valence-corrected chi connectivity index (χ0v) is 20.3.